The molecule has 0 bridgehead atoms. The summed E-state index contributed by atoms with van der Waals surface area (Å²) in [5.74, 6) is 2.22. The topological polar surface area (TPSA) is 35.5 Å². The predicted octanol–water partition coefficient (Wildman–Crippen LogP) is 2.28. The first-order chi connectivity index (χ1) is 7.63. The number of ether oxygens (including phenoxy) is 2. The molecule has 0 aromatic heterocycles. The molecule has 0 aliphatic rings. The van der Waals surface area contributed by atoms with Crippen molar-refractivity contribution in [2.24, 2.45) is 0 Å². The quantitative estimate of drug-likeness (QED) is 0.596. The zero-order valence-corrected chi connectivity index (χ0v) is 9.53. The maximum absolute atomic E-state index is 11.3. The van der Waals surface area contributed by atoms with Crippen molar-refractivity contribution in [3.63, 3.8) is 0 Å². The number of hydrogen-bond acceptors (Lipinski definition) is 3. The van der Waals surface area contributed by atoms with Gasteiger partial charge in [0.1, 0.15) is 5.75 Å². The number of hydrogen-bond donors (Lipinski definition) is 0. The second-order valence-electron chi connectivity index (χ2n) is 3.03. The lowest BCUT2D eigenvalue weighted by molar-refractivity contribution is -0.149. The SMILES string of the molecule is C#CCOC(=O)C(C)Oc1cccc(Cl)c1. The van der Waals surface area contributed by atoms with E-state index in [0.29, 0.717) is 10.8 Å². The summed E-state index contributed by atoms with van der Waals surface area (Å²) >= 11 is 5.77. The van der Waals surface area contributed by atoms with Crippen LogP contribution in [0.4, 0.5) is 0 Å². The molecule has 0 saturated heterocycles. The van der Waals surface area contributed by atoms with Crippen LogP contribution >= 0.6 is 11.6 Å². The Morgan fingerprint density at radius 2 is 2.38 bits per heavy atom. The molecular weight excluding hydrogens is 228 g/mol. The minimum Gasteiger partial charge on any atom is -0.479 e. The summed E-state index contributed by atoms with van der Waals surface area (Å²) in [7, 11) is 0. The van der Waals surface area contributed by atoms with E-state index in [4.69, 9.17) is 27.5 Å². The monoisotopic (exact) mass is 238 g/mol. The fourth-order valence-electron chi connectivity index (χ4n) is 1.02. The molecule has 16 heavy (non-hydrogen) atoms. The van der Waals surface area contributed by atoms with E-state index in [1.165, 1.54) is 0 Å². The van der Waals surface area contributed by atoms with Gasteiger partial charge in [-0.15, -0.1) is 6.42 Å². The molecule has 1 atom stereocenters. The Morgan fingerprint density at radius 1 is 1.62 bits per heavy atom. The van der Waals surface area contributed by atoms with E-state index in [1.54, 1.807) is 31.2 Å². The van der Waals surface area contributed by atoms with Gasteiger partial charge >= 0.3 is 5.97 Å². The Balaban J connectivity index is 2.54. The van der Waals surface area contributed by atoms with E-state index in [9.17, 15) is 4.79 Å². The molecule has 1 rings (SSSR count). The molecule has 1 aromatic carbocycles. The molecule has 1 unspecified atom stereocenters. The molecule has 1 aromatic rings. The number of terminal acetylenes is 1. The van der Waals surface area contributed by atoms with Crippen molar-refractivity contribution in [3.8, 4) is 18.1 Å². The fourth-order valence-corrected chi connectivity index (χ4v) is 1.20. The Kier molecular flexibility index (Phi) is 4.68. The minimum absolute atomic E-state index is 0.0535. The number of carbonyl (C=O) groups excluding carboxylic acids is 1. The average molecular weight is 239 g/mol. The lowest BCUT2D eigenvalue weighted by Crippen LogP contribution is -2.26. The third-order valence-electron chi connectivity index (χ3n) is 1.74. The number of halogens is 1. The fraction of sp³-hybridized carbons (Fsp3) is 0.250. The molecule has 0 radical (unpaired) electrons. The molecular formula is C12H11ClO3. The first kappa shape index (κ1) is 12.4. The normalized spacial score (nSPS) is 11.3. The predicted molar refractivity (Wildman–Crippen MR) is 61.3 cm³/mol. The van der Waals surface area contributed by atoms with Crippen molar-refractivity contribution in [2.45, 2.75) is 13.0 Å². The van der Waals surface area contributed by atoms with Crippen LogP contribution in [0, 0.1) is 12.3 Å². The van der Waals surface area contributed by atoms with E-state index >= 15 is 0 Å². The average Bonchev–Trinajstić information content (AvgIpc) is 2.25. The van der Waals surface area contributed by atoms with Crippen LogP contribution in [-0.2, 0) is 9.53 Å². The van der Waals surface area contributed by atoms with Crippen LogP contribution < -0.4 is 4.74 Å². The van der Waals surface area contributed by atoms with Gasteiger partial charge in [-0.05, 0) is 25.1 Å². The highest BCUT2D eigenvalue weighted by Gasteiger charge is 2.15. The van der Waals surface area contributed by atoms with Gasteiger partial charge < -0.3 is 9.47 Å². The highest BCUT2D eigenvalue weighted by Crippen LogP contribution is 2.18. The van der Waals surface area contributed by atoms with Gasteiger partial charge in [0.05, 0.1) is 0 Å². The summed E-state index contributed by atoms with van der Waals surface area (Å²) in [6.07, 6.45) is 4.25. The second kappa shape index (κ2) is 6.04. The summed E-state index contributed by atoms with van der Waals surface area (Å²) in [4.78, 5) is 11.3. The van der Waals surface area contributed by atoms with Gasteiger partial charge in [-0.2, -0.15) is 0 Å². The molecule has 0 amide bonds. The van der Waals surface area contributed by atoms with Gasteiger partial charge in [0, 0.05) is 5.02 Å². The zero-order valence-electron chi connectivity index (χ0n) is 8.77. The third kappa shape index (κ3) is 3.84. The van der Waals surface area contributed by atoms with Crippen LogP contribution in [0.1, 0.15) is 6.92 Å². The zero-order chi connectivity index (χ0) is 12.0. The molecule has 0 N–H and O–H groups in total. The van der Waals surface area contributed by atoms with Crippen molar-refractivity contribution in [3.05, 3.63) is 29.3 Å². The molecule has 4 heteroatoms. The molecule has 0 saturated carbocycles. The highest BCUT2D eigenvalue weighted by molar-refractivity contribution is 6.30. The van der Waals surface area contributed by atoms with E-state index < -0.39 is 12.1 Å². The number of esters is 1. The standard InChI is InChI=1S/C12H11ClO3/c1-3-7-15-12(14)9(2)16-11-6-4-5-10(13)8-11/h1,4-6,8-9H,7H2,2H3. The van der Waals surface area contributed by atoms with Crippen LogP contribution in [0.5, 0.6) is 5.75 Å². The van der Waals surface area contributed by atoms with Crippen LogP contribution in [0.3, 0.4) is 0 Å². The Labute approximate surface area is 99.3 Å². The van der Waals surface area contributed by atoms with Crippen molar-refractivity contribution >= 4 is 17.6 Å². The number of benzene rings is 1. The first-order valence-corrected chi connectivity index (χ1v) is 5.03. The first-order valence-electron chi connectivity index (χ1n) is 4.66. The molecule has 84 valence electrons. The van der Waals surface area contributed by atoms with Gasteiger partial charge in [0.2, 0.25) is 0 Å². The summed E-state index contributed by atoms with van der Waals surface area (Å²) in [6.45, 7) is 1.53. The largest absolute Gasteiger partial charge is 0.479 e. The molecule has 0 aliphatic carbocycles. The van der Waals surface area contributed by atoms with Gasteiger partial charge in [-0.3, -0.25) is 0 Å². The van der Waals surface area contributed by atoms with Gasteiger partial charge in [0.15, 0.2) is 12.7 Å². The molecule has 0 aliphatic heterocycles. The van der Waals surface area contributed by atoms with Gasteiger partial charge in [0.25, 0.3) is 0 Å². The molecule has 0 heterocycles. The Hall–Kier alpha value is -1.66. The minimum atomic E-state index is -0.716. The van der Waals surface area contributed by atoms with Crippen LogP contribution in [-0.4, -0.2) is 18.7 Å². The lowest BCUT2D eigenvalue weighted by Gasteiger charge is -2.12. The highest BCUT2D eigenvalue weighted by atomic mass is 35.5. The third-order valence-corrected chi connectivity index (χ3v) is 1.97. The number of carbonyl (C=O) groups is 1. The van der Waals surface area contributed by atoms with Crippen LogP contribution in [0.25, 0.3) is 0 Å². The van der Waals surface area contributed by atoms with E-state index in [2.05, 4.69) is 5.92 Å². The number of rotatable bonds is 4. The van der Waals surface area contributed by atoms with Crippen molar-refractivity contribution < 1.29 is 14.3 Å². The maximum atomic E-state index is 11.3. The second-order valence-corrected chi connectivity index (χ2v) is 3.47. The summed E-state index contributed by atoms with van der Waals surface area (Å²) in [5, 5.41) is 0.543. The van der Waals surface area contributed by atoms with Gasteiger partial charge in [-0.25, -0.2) is 4.79 Å². The van der Waals surface area contributed by atoms with Crippen molar-refractivity contribution in [1.82, 2.24) is 0 Å². The molecule has 0 fully saturated rings. The van der Waals surface area contributed by atoms with E-state index in [-0.39, 0.29) is 6.61 Å². The summed E-state index contributed by atoms with van der Waals surface area (Å²) in [5.41, 5.74) is 0. The van der Waals surface area contributed by atoms with Crippen molar-refractivity contribution in [1.29, 1.82) is 0 Å². The van der Waals surface area contributed by atoms with Gasteiger partial charge in [-0.1, -0.05) is 23.6 Å². The van der Waals surface area contributed by atoms with Crippen LogP contribution in [0.15, 0.2) is 24.3 Å². The lowest BCUT2D eigenvalue weighted by atomic mass is 10.3. The van der Waals surface area contributed by atoms with Crippen molar-refractivity contribution in [2.75, 3.05) is 6.61 Å². The maximum Gasteiger partial charge on any atom is 0.347 e. The summed E-state index contributed by atoms with van der Waals surface area (Å²) in [6, 6.07) is 6.77. The Morgan fingerprint density at radius 3 is 3.00 bits per heavy atom. The summed E-state index contributed by atoms with van der Waals surface area (Å²) < 4.78 is 10.0. The Bertz CT molecular complexity index is 409. The molecule has 3 nitrogen and oxygen atoms in total. The van der Waals surface area contributed by atoms with Crippen LogP contribution in [0.2, 0.25) is 5.02 Å². The smallest absolute Gasteiger partial charge is 0.347 e. The molecule has 0 spiro atoms. The van der Waals surface area contributed by atoms with E-state index in [1.807, 2.05) is 0 Å². The van der Waals surface area contributed by atoms with E-state index in [0.717, 1.165) is 0 Å².